The normalized spacial score (nSPS) is 9.89. The first-order chi connectivity index (χ1) is 8.67. The van der Waals surface area contributed by atoms with Crippen LogP contribution in [0.1, 0.15) is 12.5 Å². The summed E-state index contributed by atoms with van der Waals surface area (Å²) in [6, 6.07) is 9.65. The van der Waals surface area contributed by atoms with Gasteiger partial charge < -0.3 is 15.3 Å². The fraction of sp³-hybridized carbons (Fsp3) is 0.385. The molecule has 5 heteroatoms. The van der Waals surface area contributed by atoms with Gasteiger partial charge in [-0.3, -0.25) is 9.59 Å². The third kappa shape index (κ3) is 4.55. The van der Waals surface area contributed by atoms with Crippen molar-refractivity contribution in [2.45, 2.75) is 13.5 Å². The molecule has 0 aliphatic carbocycles. The molecule has 1 aromatic rings. The zero-order valence-corrected chi connectivity index (χ0v) is 10.4. The minimum absolute atomic E-state index is 0.0833. The lowest BCUT2D eigenvalue weighted by molar-refractivity contribution is -0.133. The Morgan fingerprint density at radius 3 is 2.50 bits per heavy atom. The Balaban J connectivity index is 2.50. The number of benzene rings is 1. The highest BCUT2D eigenvalue weighted by Crippen LogP contribution is 2.04. The van der Waals surface area contributed by atoms with E-state index in [0.29, 0.717) is 13.1 Å². The van der Waals surface area contributed by atoms with Gasteiger partial charge in [0.2, 0.25) is 11.8 Å². The molecule has 0 unspecified atom stereocenters. The van der Waals surface area contributed by atoms with Crippen LogP contribution in [0.3, 0.4) is 0 Å². The Morgan fingerprint density at radius 1 is 1.28 bits per heavy atom. The first-order valence-corrected chi connectivity index (χ1v) is 5.86. The second-order valence-electron chi connectivity index (χ2n) is 3.83. The molecule has 18 heavy (non-hydrogen) atoms. The van der Waals surface area contributed by atoms with Gasteiger partial charge in [-0.25, -0.2) is 0 Å². The van der Waals surface area contributed by atoms with Gasteiger partial charge in [-0.15, -0.1) is 0 Å². The quantitative estimate of drug-likeness (QED) is 0.754. The summed E-state index contributed by atoms with van der Waals surface area (Å²) in [5, 5.41) is 10.9. The molecule has 1 aromatic carbocycles. The van der Waals surface area contributed by atoms with Crippen molar-refractivity contribution in [2.24, 2.45) is 0 Å². The van der Waals surface area contributed by atoms with Crippen LogP contribution in [0.5, 0.6) is 0 Å². The van der Waals surface area contributed by atoms with Crippen molar-refractivity contribution in [1.29, 1.82) is 0 Å². The summed E-state index contributed by atoms with van der Waals surface area (Å²) in [6.07, 6.45) is 0. The fourth-order valence-electron chi connectivity index (χ4n) is 1.52. The summed E-state index contributed by atoms with van der Waals surface area (Å²) < 4.78 is 0. The minimum atomic E-state index is -0.599. The van der Waals surface area contributed by atoms with Crippen LogP contribution >= 0.6 is 0 Å². The lowest BCUT2D eigenvalue weighted by Gasteiger charge is -2.21. The van der Waals surface area contributed by atoms with Crippen LogP contribution in [0.15, 0.2) is 30.3 Å². The van der Waals surface area contributed by atoms with Crippen LogP contribution in [-0.4, -0.2) is 41.5 Å². The van der Waals surface area contributed by atoms with Gasteiger partial charge in [-0.05, 0) is 12.5 Å². The summed E-state index contributed by atoms with van der Waals surface area (Å²) in [5.41, 5.74) is 1.04. The Labute approximate surface area is 106 Å². The van der Waals surface area contributed by atoms with E-state index < -0.39 is 12.5 Å². The summed E-state index contributed by atoms with van der Waals surface area (Å²) >= 11 is 0. The van der Waals surface area contributed by atoms with Crippen molar-refractivity contribution >= 4 is 11.8 Å². The number of amides is 2. The van der Waals surface area contributed by atoms with Gasteiger partial charge >= 0.3 is 0 Å². The van der Waals surface area contributed by atoms with E-state index >= 15 is 0 Å². The fourth-order valence-corrected chi connectivity index (χ4v) is 1.52. The Morgan fingerprint density at radius 2 is 1.94 bits per heavy atom. The molecule has 0 atom stereocenters. The minimum Gasteiger partial charge on any atom is -0.387 e. The van der Waals surface area contributed by atoms with Crippen LogP contribution in [-0.2, 0) is 16.1 Å². The number of hydrogen-bond donors (Lipinski definition) is 2. The molecule has 0 aliphatic rings. The lowest BCUT2D eigenvalue weighted by Crippen LogP contribution is -2.40. The van der Waals surface area contributed by atoms with Gasteiger partial charge in [-0.1, -0.05) is 30.3 Å². The number of aliphatic hydroxyl groups excluding tert-OH is 1. The van der Waals surface area contributed by atoms with Gasteiger partial charge in [-0.2, -0.15) is 0 Å². The molecule has 0 spiro atoms. The smallest absolute Gasteiger partial charge is 0.246 e. The van der Waals surface area contributed by atoms with Gasteiger partial charge in [0.05, 0.1) is 6.54 Å². The topological polar surface area (TPSA) is 69.6 Å². The zero-order valence-electron chi connectivity index (χ0n) is 10.4. The van der Waals surface area contributed by atoms with Gasteiger partial charge in [0.15, 0.2) is 0 Å². The third-order valence-corrected chi connectivity index (χ3v) is 2.53. The van der Waals surface area contributed by atoms with E-state index in [1.807, 2.05) is 37.3 Å². The van der Waals surface area contributed by atoms with Gasteiger partial charge in [0, 0.05) is 13.1 Å². The molecule has 0 aliphatic heterocycles. The van der Waals surface area contributed by atoms with Crippen molar-refractivity contribution in [3.8, 4) is 0 Å². The predicted octanol–water partition coefficient (Wildman–Crippen LogP) is 0.144. The van der Waals surface area contributed by atoms with Crippen molar-refractivity contribution < 1.29 is 14.7 Å². The van der Waals surface area contributed by atoms with Crippen LogP contribution in [0.4, 0.5) is 0 Å². The monoisotopic (exact) mass is 250 g/mol. The van der Waals surface area contributed by atoms with E-state index in [1.54, 1.807) is 4.90 Å². The number of carbonyl (C=O) groups excluding carboxylic acids is 2. The van der Waals surface area contributed by atoms with E-state index in [4.69, 9.17) is 5.11 Å². The molecule has 0 aromatic heterocycles. The van der Waals surface area contributed by atoms with Crippen molar-refractivity contribution in [2.75, 3.05) is 19.7 Å². The number of hydrogen-bond acceptors (Lipinski definition) is 3. The van der Waals surface area contributed by atoms with Crippen LogP contribution in [0.25, 0.3) is 0 Å². The van der Waals surface area contributed by atoms with Crippen molar-refractivity contribution in [1.82, 2.24) is 10.2 Å². The molecule has 2 N–H and O–H groups in total. The number of nitrogens with zero attached hydrogens (tertiary/aromatic N) is 1. The zero-order chi connectivity index (χ0) is 13.4. The second kappa shape index (κ2) is 7.45. The number of carbonyl (C=O) groups is 2. The van der Waals surface area contributed by atoms with Gasteiger partial charge in [0.25, 0.3) is 0 Å². The molecule has 0 heterocycles. The number of aliphatic hydroxyl groups is 1. The van der Waals surface area contributed by atoms with E-state index in [0.717, 1.165) is 5.56 Å². The molecule has 0 radical (unpaired) electrons. The molecule has 0 bridgehead atoms. The van der Waals surface area contributed by atoms with Crippen LogP contribution in [0.2, 0.25) is 0 Å². The number of rotatable bonds is 6. The lowest BCUT2D eigenvalue weighted by atomic mass is 10.2. The molecule has 0 saturated carbocycles. The summed E-state index contributed by atoms with van der Waals surface area (Å²) in [4.78, 5) is 24.3. The second-order valence-corrected chi connectivity index (χ2v) is 3.83. The molecule has 0 saturated heterocycles. The third-order valence-electron chi connectivity index (χ3n) is 2.53. The highest BCUT2D eigenvalue weighted by atomic mass is 16.3. The standard InChI is InChI=1S/C13H18N2O3/c1-2-15(9-11-6-4-3-5-7-11)13(18)8-14-12(17)10-16/h3-7,16H,2,8-10H2,1H3,(H,14,17). The van der Waals surface area contributed by atoms with E-state index in [9.17, 15) is 9.59 Å². The predicted molar refractivity (Wildman–Crippen MR) is 67.6 cm³/mol. The highest BCUT2D eigenvalue weighted by Gasteiger charge is 2.12. The molecule has 98 valence electrons. The highest BCUT2D eigenvalue weighted by molar-refractivity contribution is 5.85. The van der Waals surface area contributed by atoms with Crippen LogP contribution in [0, 0.1) is 0 Å². The molecule has 1 rings (SSSR count). The summed E-state index contributed by atoms with van der Waals surface area (Å²) in [6.45, 7) is 2.29. The Bertz CT molecular complexity index is 392. The number of likely N-dealkylation sites (N-methyl/N-ethyl adjacent to an activating group) is 1. The van der Waals surface area contributed by atoms with E-state index in [1.165, 1.54) is 0 Å². The summed E-state index contributed by atoms with van der Waals surface area (Å²) in [5.74, 6) is -0.706. The maximum atomic E-state index is 11.8. The maximum absolute atomic E-state index is 11.8. The first-order valence-electron chi connectivity index (χ1n) is 5.86. The molecule has 0 fully saturated rings. The van der Waals surface area contributed by atoms with Crippen molar-refractivity contribution in [3.05, 3.63) is 35.9 Å². The molecule has 2 amide bonds. The molecule has 5 nitrogen and oxygen atoms in total. The van der Waals surface area contributed by atoms with Gasteiger partial charge in [0.1, 0.15) is 6.61 Å². The largest absolute Gasteiger partial charge is 0.387 e. The Kier molecular flexibility index (Phi) is 5.87. The average molecular weight is 250 g/mol. The number of nitrogens with one attached hydrogen (secondary N) is 1. The molecular formula is C13H18N2O3. The van der Waals surface area contributed by atoms with Crippen LogP contribution < -0.4 is 5.32 Å². The summed E-state index contributed by atoms with van der Waals surface area (Å²) in [7, 11) is 0. The maximum Gasteiger partial charge on any atom is 0.246 e. The average Bonchev–Trinajstić information content (AvgIpc) is 2.42. The first kappa shape index (κ1) is 14.2. The van der Waals surface area contributed by atoms with E-state index in [2.05, 4.69) is 5.32 Å². The van der Waals surface area contributed by atoms with E-state index in [-0.39, 0.29) is 12.5 Å². The molecular weight excluding hydrogens is 232 g/mol. The van der Waals surface area contributed by atoms with Crippen molar-refractivity contribution in [3.63, 3.8) is 0 Å². The SMILES string of the molecule is CCN(Cc1ccccc1)C(=O)CNC(=O)CO. The Hall–Kier alpha value is -1.88.